The van der Waals surface area contributed by atoms with E-state index in [-0.39, 0.29) is 11.5 Å². The third-order valence-corrected chi connectivity index (χ3v) is 1.87. The van der Waals surface area contributed by atoms with E-state index >= 15 is 0 Å². The number of ketones is 1. The molecule has 0 aliphatic rings. The van der Waals surface area contributed by atoms with Gasteiger partial charge in [-0.3, -0.25) is 4.79 Å². The number of aliphatic hydroxyl groups excluding tert-OH is 1. The van der Waals surface area contributed by atoms with Crippen LogP contribution in [0.4, 0.5) is 0 Å². The SMILES string of the molecule is O=C(O)/C(O)=C\C=C/C(=O)c1ccc(O)cc1. The number of phenols is 1. The number of rotatable bonds is 4. The van der Waals surface area contributed by atoms with Crippen molar-refractivity contribution in [2.24, 2.45) is 0 Å². The first-order valence-electron chi connectivity index (χ1n) is 4.64. The molecule has 0 radical (unpaired) electrons. The summed E-state index contributed by atoms with van der Waals surface area (Å²) < 4.78 is 0. The topological polar surface area (TPSA) is 94.8 Å². The van der Waals surface area contributed by atoms with Crippen LogP contribution < -0.4 is 0 Å². The van der Waals surface area contributed by atoms with Crippen LogP contribution in [0.25, 0.3) is 0 Å². The summed E-state index contributed by atoms with van der Waals surface area (Å²) in [5.74, 6) is -2.63. The number of carbonyl (C=O) groups excluding carboxylic acids is 1. The average molecular weight is 234 g/mol. The van der Waals surface area contributed by atoms with Gasteiger partial charge in [-0.15, -0.1) is 0 Å². The second kappa shape index (κ2) is 5.50. The third kappa shape index (κ3) is 3.83. The summed E-state index contributed by atoms with van der Waals surface area (Å²) in [6.45, 7) is 0. The lowest BCUT2D eigenvalue weighted by Crippen LogP contribution is -1.98. The summed E-state index contributed by atoms with van der Waals surface area (Å²) in [6, 6.07) is 5.60. The molecule has 0 amide bonds. The van der Waals surface area contributed by atoms with E-state index in [1.165, 1.54) is 24.3 Å². The second-order valence-electron chi connectivity index (χ2n) is 3.13. The van der Waals surface area contributed by atoms with E-state index < -0.39 is 11.7 Å². The summed E-state index contributed by atoms with van der Waals surface area (Å²) in [6.07, 6.45) is 3.16. The molecule has 5 heteroatoms. The minimum absolute atomic E-state index is 0.0500. The molecule has 1 aromatic rings. The highest BCUT2D eigenvalue weighted by molar-refractivity contribution is 6.04. The Bertz CT molecular complexity index is 482. The largest absolute Gasteiger partial charge is 0.508 e. The Hall–Kier alpha value is -2.56. The van der Waals surface area contributed by atoms with Gasteiger partial charge < -0.3 is 15.3 Å². The summed E-state index contributed by atoms with van der Waals surface area (Å²) in [5.41, 5.74) is 0.349. The van der Waals surface area contributed by atoms with Gasteiger partial charge in [-0.05, 0) is 36.4 Å². The Morgan fingerprint density at radius 2 is 1.65 bits per heavy atom. The molecule has 0 aliphatic heterocycles. The van der Waals surface area contributed by atoms with Crippen molar-refractivity contribution in [2.75, 3.05) is 0 Å². The lowest BCUT2D eigenvalue weighted by atomic mass is 10.1. The first-order chi connectivity index (χ1) is 8.00. The van der Waals surface area contributed by atoms with Crippen LogP contribution in [-0.2, 0) is 4.79 Å². The van der Waals surface area contributed by atoms with Crippen LogP contribution in [0.15, 0.2) is 48.3 Å². The molecule has 17 heavy (non-hydrogen) atoms. The lowest BCUT2D eigenvalue weighted by molar-refractivity contribution is -0.135. The number of aromatic hydroxyl groups is 1. The molecular formula is C12H10O5. The first-order valence-corrected chi connectivity index (χ1v) is 4.64. The van der Waals surface area contributed by atoms with E-state index in [1.54, 1.807) is 0 Å². The number of aliphatic carboxylic acids is 1. The van der Waals surface area contributed by atoms with Crippen molar-refractivity contribution in [3.05, 3.63) is 53.8 Å². The molecule has 1 rings (SSSR count). The Balaban J connectivity index is 2.73. The maximum atomic E-state index is 11.5. The van der Waals surface area contributed by atoms with Crippen molar-refractivity contribution in [2.45, 2.75) is 0 Å². The molecule has 0 bridgehead atoms. The van der Waals surface area contributed by atoms with E-state index in [9.17, 15) is 9.59 Å². The summed E-state index contributed by atoms with van der Waals surface area (Å²) in [7, 11) is 0. The zero-order valence-corrected chi connectivity index (χ0v) is 8.70. The molecule has 0 spiro atoms. The van der Waals surface area contributed by atoms with Gasteiger partial charge in [0.1, 0.15) is 5.75 Å². The molecule has 0 heterocycles. The van der Waals surface area contributed by atoms with Crippen LogP contribution in [0.1, 0.15) is 10.4 Å². The quantitative estimate of drug-likeness (QED) is 0.318. The zero-order valence-electron chi connectivity index (χ0n) is 8.70. The van der Waals surface area contributed by atoms with Crippen LogP contribution in [0.2, 0.25) is 0 Å². The normalized spacial score (nSPS) is 11.6. The molecule has 0 unspecified atom stereocenters. The fourth-order valence-electron chi connectivity index (χ4n) is 1.02. The van der Waals surface area contributed by atoms with Crippen LogP contribution in [0.3, 0.4) is 0 Å². The second-order valence-corrected chi connectivity index (χ2v) is 3.13. The molecule has 5 nitrogen and oxygen atoms in total. The van der Waals surface area contributed by atoms with Crippen molar-refractivity contribution >= 4 is 11.8 Å². The number of phenolic OH excluding ortho intramolecular Hbond substituents is 1. The molecule has 0 aliphatic carbocycles. The number of hydrogen-bond donors (Lipinski definition) is 3. The Morgan fingerprint density at radius 3 is 2.18 bits per heavy atom. The van der Waals surface area contributed by atoms with Crippen molar-refractivity contribution in [1.82, 2.24) is 0 Å². The number of carboxylic acid groups (broad SMARTS) is 1. The van der Waals surface area contributed by atoms with Gasteiger partial charge in [-0.25, -0.2) is 4.79 Å². The number of carbonyl (C=O) groups is 2. The highest BCUT2D eigenvalue weighted by Crippen LogP contribution is 2.10. The van der Waals surface area contributed by atoms with E-state index in [4.69, 9.17) is 15.3 Å². The van der Waals surface area contributed by atoms with Crippen LogP contribution in [0.5, 0.6) is 5.75 Å². The number of allylic oxidation sites excluding steroid dienone is 3. The third-order valence-electron chi connectivity index (χ3n) is 1.87. The maximum Gasteiger partial charge on any atom is 0.370 e. The smallest absolute Gasteiger partial charge is 0.370 e. The molecular weight excluding hydrogens is 224 g/mol. The van der Waals surface area contributed by atoms with Crippen molar-refractivity contribution in [3.8, 4) is 5.75 Å². The molecule has 0 saturated heterocycles. The van der Waals surface area contributed by atoms with E-state index in [2.05, 4.69) is 0 Å². The number of carboxylic acids is 1. The lowest BCUT2D eigenvalue weighted by Gasteiger charge is -1.95. The molecule has 0 fully saturated rings. The molecule has 0 aromatic heterocycles. The van der Waals surface area contributed by atoms with Crippen molar-refractivity contribution in [1.29, 1.82) is 0 Å². The molecule has 88 valence electrons. The standard InChI is InChI=1S/C12H10O5/c13-9-6-4-8(5-7-9)10(14)2-1-3-11(15)12(16)17/h1-7,13,15H,(H,16,17)/b2-1-,11-3+. The summed E-state index contributed by atoms with van der Waals surface area (Å²) in [4.78, 5) is 21.7. The highest BCUT2D eigenvalue weighted by atomic mass is 16.4. The van der Waals surface area contributed by atoms with E-state index in [0.29, 0.717) is 5.56 Å². The Kier molecular flexibility index (Phi) is 4.05. The Labute approximate surface area is 96.9 Å². The number of benzene rings is 1. The van der Waals surface area contributed by atoms with Crippen LogP contribution in [-0.4, -0.2) is 27.1 Å². The van der Waals surface area contributed by atoms with Gasteiger partial charge in [0.25, 0.3) is 0 Å². The van der Waals surface area contributed by atoms with Crippen LogP contribution in [0, 0.1) is 0 Å². The van der Waals surface area contributed by atoms with Gasteiger partial charge in [-0.2, -0.15) is 0 Å². The minimum Gasteiger partial charge on any atom is -0.508 e. The molecule has 3 N–H and O–H groups in total. The number of hydrogen-bond acceptors (Lipinski definition) is 4. The van der Waals surface area contributed by atoms with Crippen LogP contribution >= 0.6 is 0 Å². The molecule has 0 atom stereocenters. The van der Waals surface area contributed by atoms with Gasteiger partial charge in [-0.1, -0.05) is 6.08 Å². The zero-order chi connectivity index (χ0) is 12.8. The first kappa shape index (κ1) is 12.5. The van der Waals surface area contributed by atoms with Gasteiger partial charge >= 0.3 is 5.97 Å². The van der Waals surface area contributed by atoms with Gasteiger partial charge in [0, 0.05) is 5.56 Å². The van der Waals surface area contributed by atoms with Crippen molar-refractivity contribution in [3.63, 3.8) is 0 Å². The predicted octanol–water partition coefficient (Wildman–Crippen LogP) is 1.66. The van der Waals surface area contributed by atoms with E-state index in [1.807, 2.05) is 0 Å². The molecule has 1 aromatic carbocycles. The fourth-order valence-corrected chi connectivity index (χ4v) is 1.02. The van der Waals surface area contributed by atoms with Crippen molar-refractivity contribution < 1.29 is 24.9 Å². The summed E-state index contributed by atoms with van der Waals surface area (Å²) >= 11 is 0. The van der Waals surface area contributed by atoms with E-state index in [0.717, 1.165) is 18.2 Å². The van der Waals surface area contributed by atoms with Gasteiger partial charge in [0.15, 0.2) is 5.78 Å². The van der Waals surface area contributed by atoms with Gasteiger partial charge in [0.05, 0.1) is 0 Å². The summed E-state index contributed by atoms with van der Waals surface area (Å²) in [5, 5.41) is 26.2. The fraction of sp³-hybridized carbons (Fsp3) is 0. The highest BCUT2D eigenvalue weighted by Gasteiger charge is 2.02. The molecule has 0 saturated carbocycles. The average Bonchev–Trinajstić information content (AvgIpc) is 2.29. The minimum atomic E-state index is -1.47. The predicted molar refractivity (Wildman–Crippen MR) is 59.9 cm³/mol. The monoisotopic (exact) mass is 234 g/mol. The maximum absolute atomic E-state index is 11.5. The Morgan fingerprint density at radius 1 is 1.06 bits per heavy atom. The number of aliphatic hydroxyl groups is 1. The van der Waals surface area contributed by atoms with Gasteiger partial charge in [0.2, 0.25) is 5.76 Å².